The summed E-state index contributed by atoms with van der Waals surface area (Å²) in [6, 6.07) is 3.79. The molecule has 0 atom stereocenters. The monoisotopic (exact) mass is 236 g/mol. The molecule has 0 amide bonds. The standard InChI is InChI=1S/C11H16N4O2/c1-3-14(11(12-2)9-15(16)17)8-10-5-4-6-13-7-10/h4-7,9,12H,3,8H2,1-2H3. The van der Waals surface area contributed by atoms with Crippen molar-refractivity contribution in [1.82, 2.24) is 15.2 Å². The number of nitro groups is 1. The summed E-state index contributed by atoms with van der Waals surface area (Å²) in [6.45, 7) is 3.21. The van der Waals surface area contributed by atoms with Crippen LogP contribution >= 0.6 is 0 Å². The van der Waals surface area contributed by atoms with Crippen LogP contribution in [-0.2, 0) is 6.54 Å². The first-order chi connectivity index (χ1) is 8.17. The predicted molar refractivity (Wildman–Crippen MR) is 64.5 cm³/mol. The average molecular weight is 236 g/mol. The molecule has 1 heterocycles. The maximum atomic E-state index is 10.5. The molecule has 0 aliphatic heterocycles. The van der Waals surface area contributed by atoms with Gasteiger partial charge in [0.25, 0.3) is 6.20 Å². The summed E-state index contributed by atoms with van der Waals surface area (Å²) in [4.78, 5) is 15.9. The Labute approximate surface area is 100 Å². The van der Waals surface area contributed by atoms with Gasteiger partial charge in [0, 0.05) is 32.5 Å². The van der Waals surface area contributed by atoms with Gasteiger partial charge in [-0.2, -0.15) is 0 Å². The molecule has 0 bridgehead atoms. The third-order valence-electron chi connectivity index (χ3n) is 2.30. The van der Waals surface area contributed by atoms with Crippen LogP contribution in [0.25, 0.3) is 0 Å². The Kier molecular flexibility index (Phi) is 4.93. The number of hydrogen-bond donors (Lipinski definition) is 1. The van der Waals surface area contributed by atoms with Crippen molar-refractivity contribution in [2.75, 3.05) is 13.6 Å². The predicted octanol–water partition coefficient (Wildman–Crippen LogP) is 1.20. The van der Waals surface area contributed by atoms with E-state index in [4.69, 9.17) is 0 Å². The van der Waals surface area contributed by atoms with Crippen molar-refractivity contribution in [3.8, 4) is 0 Å². The number of pyridine rings is 1. The molecule has 0 aromatic carbocycles. The van der Waals surface area contributed by atoms with E-state index >= 15 is 0 Å². The van der Waals surface area contributed by atoms with E-state index in [1.807, 2.05) is 24.0 Å². The van der Waals surface area contributed by atoms with Crippen molar-refractivity contribution in [3.63, 3.8) is 0 Å². The van der Waals surface area contributed by atoms with Crippen molar-refractivity contribution in [2.24, 2.45) is 0 Å². The van der Waals surface area contributed by atoms with Gasteiger partial charge in [0.05, 0.1) is 4.92 Å². The highest BCUT2D eigenvalue weighted by Gasteiger charge is 2.10. The third-order valence-corrected chi connectivity index (χ3v) is 2.30. The van der Waals surface area contributed by atoms with Crippen LogP contribution < -0.4 is 5.32 Å². The van der Waals surface area contributed by atoms with Crippen LogP contribution in [0.15, 0.2) is 36.5 Å². The van der Waals surface area contributed by atoms with Gasteiger partial charge in [-0.05, 0) is 18.6 Å². The van der Waals surface area contributed by atoms with Crippen LogP contribution in [0.4, 0.5) is 0 Å². The molecule has 1 aromatic rings. The molecule has 6 heteroatoms. The van der Waals surface area contributed by atoms with Crippen LogP contribution in [0.3, 0.4) is 0 Å². The van der Waals surface area contributed by atoms with Crippen LogP contribution in [0.1, 0.15) is 12.5 Å². The number of aromatic nitrogens is 1. The lowest BCUT2D eigenvalue weighted by Gasteiger charge is -2.23. The summed E-state index contributed by atoms with van der Waals surface area (Å²) < 4.78 is 0. The smallest absolute Gasteiger partial charge is 0.274 e. The molecule has 0 aliphatic carbocycles. The molecule has 1 aromatic heterocycles. The quantitative estimate of drug-likeness (QED) is 0.593. The zero-order chi connectivity index (χ0) is 12.7. The van der Waals surface area contributed by atoms with Gasteiger partial charge in [0.2, 0.25) is 0 Å². The van der Waals surface area contributed by atoms with Crippen LogP contribution in [0, 0.1) is 10.1 Å². The van der Waals surface area contributed by atoms with Gasteiger partial charge in [-0.3, -0.25) is 15.1 Å². The normalized spacial score (nSPS) is 11.1. The second-order valence-electron chi connectivity index (χ2n) is 3.43. The highest BCUT2D eigenvalue weighted by atomic mass is 16.6. The highest BCUT2D eigenvalue weighted by Crippen LogP contribution is 2.07. The Morgan fingerprint density at radius 3 is 2.94 bits per heavy atom. The van der Waals surface area contributed by atoms with Crippen molar-refractivity contribution in [1.29, 1.82) is 0 Å². The maximum Gasteiger partial charge on any atom is 0.274 e. The van der Waals surface area contributed by atoms with Crippen molar-refractivity contribution < 1.29 is 4.92 Å². The largest absolute Gasteiger partial charge is 0.370 e. The topological polar surface area (TPSA) is 71.3 Å². The Balaban J connectivity index is 2.80. The zero-order valence-corrected chi connectivity index (χ0v) is 9.96. The fourth-order valence-electron chi connectivity index (χ4n) is 1.48. The Morgan fingerprint density at radius 2 is 2.47 bits per heavy atom. The van der Waals surface area contributed by atoms with Crippen molar-refractivity contribution >= 4 is 0 Å². The fraction of sp³-hybridized carbons (Fsp3) is 0.364. The lowest BCUT2D eigenvalue weighted by atomic mass is 10.2. The van der Waals surface area contributed by atoms with Crippen LogP contribution in [-0.4, -0.2) is 28.4 Å². The van der Waals surface area contributed by atoms with E-state index in [2.05, 4.69) is 10.3 Å². The van der Waals surface area contributed by atoms with Crippen LogP contribution in [0.2, 0.25) is 0 Å². The number of rotatable bonds is 6. The second-order valence-corrected chi connectivity index (χ2v) is 3.43. The first-order valence-corrected chi connectivity index (χ1v) is 5.34. The van der Waals surface area contributed by atoms with E-state index in [0.29, 0.717) is 18.9 Å². The molecular weight excluding hydrogens is 220 g/mol. The van der Waals surface area contributed by atoms with Gasteiger partial charge in [-0.15, -0.1) is 0 Å². The SMILES string of the molecule is CCN(Cc1cccnc1)C(=C[N+](=O)[O-])NC. The molecule has 0 spiro atoms. The molecule has 0 saturated heterocycles. The summed E-state index contributed by atoms with van der Waals surface area (Å²) in [6.07, 6.45) is 4.42. The molecule has 0 aliphatic rings. The molecule has 1 N–H and O–H groups in total. The number of hydrogen-bond acceptors (Lipinski definition) is 5. The first-order valence-electron chi connectivity index (χ1n) is 5.34. The maximum absolute atomic E-state index is 10.5. The molecule has 6 nitrogen and oxygen atoms in total. The van der Waals surface area contributed by atoms with Gasteiger partial charge < -0.3 is 10.2 Å². The van der Waals surface area contributed by atoms with Gasteiger partial charge in [-0.1, -0.05) is 6.07 Å². The van der Waals surface area contributed by atoms with Crippen LogP contribution in [0.5, 0.6) is 0 Å². The number of nitrogens with one attached hydrogen (secondary N) is 1. The molecule has 17 heavy (non-hydrogen) atoms. The zero-order valence-electron chi connectivity index (χ0n) is 9.96. The summed E-state index contributed by atoms with van der Waals surface area (Å²) in [7, 11) is 1.67. The average Bonchev–Trinajstić information content (AvgIpc) is 2.34. The third kappa shape index (κ3) is 4.10. The van der Waals surface area contributed by atoms with Gasteiger partial charge in [0.1, 0.15) is 0 Å². The highest BCUT2D eigenvalue weighted by molar-refractivity contribution is 5.10. The van der Waals surface area contributed by atoms with E-state index in [1.54, 1.807) is 19.4 Å². The number of nitrogens with zero attached hydrogens (tertiary/aromatic N) is 3. The minimum Gasteiger partial charge on any atom is -0.370 e. The fourth-order valence-corrected chi connectivity index (χ4v) is 1.48. The molecule has 92 valence electrons. The Bertz CT molecular complexity index is 392. The summed E-state index contributed by atoms with van der Waals surface area (Å²) >= 11 is 0. The Hall–Kier alpha value is -2.11. The lowest BCUT2D eigenvalue weighted by Crippen LogP contribution is -2.30. The lowest BCUT2D eigenvalue weighted by molar-refractivity contribution is -0.404. The molecule has 1 rings (SSSR count). The first kappa shape index (κ1) is 13.0. The van der Waals surface area contributed by atoms with Crippen molar-refractivity contribution in [3.05, 3.63) is 52.2 Å². The summed E-state index contributed by atoms with van der Waals surface area (Å²) in [5, 5.41) is 13.3. The van der Waals surface area contributed by atoms with Gasteiger partial charge in [0.15, 0.2) is 5.82 Å². The summed E-state index contributed by atoms with van der Waals surface area (Å²) in [5.41, 5.74) is 1.01. The van der Waals surface area contributed by atoms with E-state index < -0.39 is 4.92 Å². The summed E-state index contributed by atoms with van der Waals surface area (Å²) in [5.74, 6) is 0.487. The minimum absolute atomic E-state index is 0.461. The van der Waals surface area contributed by atoms with Gasteiger partial charge in [-0.25, -0.2) is 0 Å². The minimum atomic E-state index is -0.461. The molecule has 0 radical (unpaired) electrons. The van der Waals surface area contributed by atoms with E-state index in [-0.39, 0.29) is 0 Å². The molecular formula is C11H16N4O2. The van der Waals surface area contributed by atoms with Crippen molar-refractivity contribution in [2.45, 2.75) is 13.5 Å². The second kappa shape index (κ2) is 6.47. The molecule has 0 fully saturated rings. The Morgan fingerprint density at radius 1 is 1.71 bits per heavy atom. The van der Waals surface area contributed by atoms with E-state index in [1.165, 1.54) is 0 Å². The van der Waals surface area contributed by atoms with Gasteiger partial charge >= 0.3 is 0 Å². The van der Waals surface area contributed by atoms with E-state index in [0.717, 1.165) is 11.8 Å². The van der Waals surface area contributed by atoms with E-state index in [9.17, 15) is 10.1 Å². The molecule has 0 saturated carbocycles. The molecule has 0 unspecified atom stereocenters.